The summed E-state index contributed by atoms with van der Waals surface area (Å²) in [6.07, 6.45) is 3.02. The summed E-state index contributed by atoms with van der Waals surface area (Å²) in [5, 5.41) is 0.974. The molecule has 0 unspecified atom stereocenters. The van der Waals surface area contributed by atoms with Crippen LogP contribution in [0.25, 0.3) is 0 Å². The molecule has 0 aromatic carbocycles. The minimum absolute atomic E-state index is 0.396. The standard InChI is InChI=1S/C10H15Br2NO2S2/c1-13(8-4-2-3-7-11)17(14,15)10-6-5-9(12)16-10/h5-6H,2-4,7-8H2,1H3. The van der Waals surface area contributed by atoms with Gasteiger partial charge >= 0.3 is 0 Å². The lowest BCUT2D eigenvalue weighted by Crippen LogP contribution is -2.27. The average molecular weight is 405 g/mol. The van der Waals surface area contributed by atoms with Crippen molar-refractivity contribution >= 4 is 53.2 Å². The van der Waals surface area contributed by atoms with Gasteiger partial charge < -0.3 is 0 Å². The molecular weight excluding hydrogens is 390 g/mol. The summed E-state index contributed by atoms with van der Waals surface area (Å²) in [5.74, 6) is 0. The van der Waals surface area contributed by atoms with Crippen LogP contribution in [0.3, 0.4) is 0 Å². The van der Waals surface area contributed by atoms with E-state index in [0.29, 0.717) is 10.8 Å². The van der Waals surface area contributed by atoms with Crippen LogP contribution in [0.2, 0.25) is 0 Å². The Labute approximate surface area is 124 Å². The van der Waals surface area contributed by atoms with Crippen LogP contribution < -0.4 is 0 Å². The largest absolute Gasteiger partial charge is 0.252 e. The molecule has 0 aliphatic heterocycles. The Morgan fingerprint density at radius 2 is 2.00 bits per heavy atom. The number of alkyl halides is 1. The van der Waals surface area contributed by atoms with Gasteiger partial charge in [0.2, 0.25) is 0 Å². The van der Waals surface area contributed by atoms with Gasteiger partial charge in [-0.25, -0.2) is 12.7 Å². The number of halogens is 2. The lowest BCUT2D eigenvalue weighted by molar-refractivity contribution is 0.456. The second kappa shape index (κ2) is 7.23. The Morgan fingerprint density at radius 1 is 1.29 bits per heavy atom. The summed E-state index contributed by atoms with van der Waals surface area (Å²) in [5.41, 5.74) is 0. The first-order valence-electron chi connectivity index (χ1n) is 5.26. The molecule has 0 N–H and O–H groups in total. The zero-order valence-electron chi connectivity index (χ0n) is 9.53. The third kappa shape index (κ3) is 4.63. The van der Waals surface area contributed by atoms with E-state index in [2.05, 4.69) is 31.9 Å². The van der Waals surface area contributed by atoms with Crippen molar-refractivity contribution in [3.05, 3.63) is 15.9 Å². The molecule has 0 amide bonds. The molecule has 3 nitrogen and oxygen atoms in total. The van der Waals surface area contributed by atoms with Crippen LogP contribution >= 0.6 is 43.2 Å². The number of hydrogen-bond acceptors (Lipinski definition) is 3. The average Bonchev–Trinajstić information content (AvgIpc) is 2.71. The zero-order valence-corrected chi connectivity index (χ0v) is 14.3. The molecule has 0 saturated carbocycles. The highest BCUT2D eigenvalue weighted by Gasteiger charge is 2.21. The maximum absolute atomic E-state index is 12.1. The van der Waals surface area contributed by atoms with E-state index in [1.165, 1.54) is 15.6 Å². The third-order valence-electron chi connectivity index (χ3n) is 2.32. The quantitative estimate of drug-likeness (QED) is 0.513. The second-order valence-electron chi connectivity index (χ2n) is 3.63. The van der Waals surface area contributed by atoms with Gasteiger partial charge in [0.15, 0.2) is 0 Å². The number of thiophene rings is 1. The molecule has 1 aromatic heterocycles. The highest BCUT2D eigenvalue weighted by Crippen LogP contribution is 2.28. The first-order chi connectivity index (χ1) is 7.98. The Balaban J connectivity index is 2.58. The van der Waals surface area contributed by atoms with Gasteiger partial charge in [0.1, 0.15) is 4.21 Å². The van der Waals surface area contributed by atoms with E-state index in [0.717, 1.165) is 28.4 Å². The number of unbranched alkanes of at least 4 members (excludes halogenated alkanes) is 2. The minimum atomic E-state index is -3.30. The number of nitrogens with zero attached hydrogens (tertiary/aromatic N) is 1. The van der Waals surface area contributed by atoms with Gasteiger partial charge in [0.05, 0.1) is 3.79 Å². The normalized spacial score (nSPS) is 12.2. The highest BCUT2D eigenvalue weighted by atomic mass is 79.9. The summed E-state index contributed by atoms with van der Waals surface area (Å²) in [6.45, 7) is 0.574. The molecule has 1 aromatic rings. The van der Waals surface area contributed by atoms with E-state index in [1.54, 1.807) is 19.2 Å². The predicted molar refractivity (Wildman–Crippen MR) is 79.5 cm³/mol. The highest BCUT2D eigenvalue weighted by molar-refractivity contribution is 9.11. The molecule has 0 spiro atoms. The van der Waals surface area contributed by atoms with Gasteiger partial charge in [0, 0.05) is 18.9 Å². The van der Waals surface area contributed by atoms with Crippen molar-refractivity contribution in [2.75, 3.05) is 18.9 Å². The summed E-state index contributed by atoms with van der Waals surface area (Å²) in [7, 11) is -1.66. The Hall–Kier alpha value is 0.570. The van der Waals surface area contributed by atoms with E-state index in [4.69, 9.17) is 0 Å². The molecule has 0 saturated heterocycles. The second-order valence-corrected chi connectivity index (χ2v) is 9.16. The molecule has 98 valence electrons. The predicted octanol–water partition coefficient (Wildman–Crippen LogP) is 3.70. The van der Waals surface area contributed by atoms with Crippen LogP contribution in [-0.4, -0.2) is 31.6 Å². The van der Waals surface area contributed by atoms with Crippen molar-refractivity contribution in [2.45, 2.75) is 23.5 Å². The maximum atomic E-state index is 12.1. The van der Waals surface area contributed by atoms with Crippen LogP contribution in [0.15, 0.2) is 20.1 Å². The van der Waals surface area contributed by atoms with Crippen molar-refractivity contribution in [1.29, 1.82) is 0 Å². The SMILES string of the molecule is CN(CCCCCBr)S(=O)(=O)c1ccc(Br)s1. The molecule has 0 aliphatic carbocycles. The summed E-state index contributed by atoms with van der Waals surface area (Å²) >= 11 is 7.88. The van der Waals surface area contributed by atoms with Crippen molar-refractivity contribution in [3.63, 3.8) is 0 Å². The zero-order chi connectivity index (χ0) is 12.9. The van der Waals surface area contributed by atoms with Crippen LogP contribution in [0.4, 0.5) is 0 Å². The molecule has 0 fully saturated rings. The van der Waals surface area contributed by atoms with Crippen molar-refractivity contribution in [1.82, 2.24) is 4.31 Å². The number of rotatable bonds is 7. The molecule has 1 rings (SSSR count). The molecule has 1 heterocycles. The van der Waals surface area contributed by atoms with Gasteiger partial charge in [-0.3, -0.25) is 0 Å². The van der Waals surface area contributed by atoms with Gasteiger partial charge in [0.25, 0.3) is 10.0 Å². The maximum Gasteiger partial charge on any atom is 0.252 e. The molecule has 7 heteroatoms. The van der Waals surface area contributed by atoms with Crippen molar-refractivity contribution < 1.29 is 8.42 Å². The van der Waals surface area contributed by atoms with E-state index in [9.17, 15) is 8.42 Å². The third-order valence-corrected chi connectivity index (χ3v) is 6.83. The summed E-state index contributed by atoms with van der Waals surface area (Å²) in [4.78, 5) is 0. The molecule has 17 heavy (non-hydrogen) atoms. The Kier molecular flexibility index (Phi) is 6.65. The fourth-order valence-corrected chi connectivity index (χ4v) is 5.14. The van der Waals surface area contributed by atoms with Crippen molar-refractivity contribution in [2.24, 2.45) is 0 Å². The van der Waals surface area contributed by atoms with Crippen LogP contribution in [0.1, 0.15) is 19.3 Å². The van der Waals surface area contributed by atoms with Crippen molar-refractivity contribution in [3.8, 4) is 0 Å². The van der Waals surface area contributed by atoms with Gasteiger partial charge in [-0.2, -0.15) is 0 Å². The molecule has 0 aliphatic rings. The number of hydrogen-bond donors (Lipinski definition) is 0. The minimum Gasteiger partial charge on any atom is -0.206 e. The van der Waals surface area contributed by atoms with E-state index >= 15 is 0 Å². The van der Waals surface area contributed by atoms with Gasteiger partial charge in [-0.05, 0) is 40.9 Å². The van der Waals surface area contributed by atoms with Crippen LogP contribution in [0, 0.1) is 0 Å². The summed E-state index contributed by atoms with van der Waals surface area (Å²) < 4.78 is 26.9. The Morgan fingerprint density at radius 3 is 2.53 bits per heavy atom. The first-order valence-corrected chi connectivity index (χ1v) is 9.43. The van der Waals surface area contributed by atoms with E-state index in [1.807, 2.05) is 0 Å². The smallest absolute Gasteiger partial charge is 0.206 e. The fraction of sp³-hybridized carbons (Fsp3) is 0.600. The van der Waals surface area contributed by atoms with Gasteiger partial charge in [-0.1, -0.05) is 22.4 Å². The Bertz CT molecular complexity index is 445. The monoisotopic (exact) mass is 403 g/mol. The fourth-order valence-electron chi connectivity index (χ4n) is 1.32. The lowest BCUT2D eigenvalue weighted by Gasteiger charge is -2.15. The number of sulfonamides is 1. The topological polar surface area (TPSA) is 37.4 Å². The molecular formula is C10H15Br2NO2S2. The lowest BCUT2D eigenvalue weighted by atomic mass is 10.2. The van der Waals surface area contributed by atoms with E-state index in [-0.39, 0.29) is 0 Å². The van der Waals surface area contributed by atoms with E-state index < -0.39 is 10.0 Å². The molecule has 0 bridgehead atoms. The molecule has 0 atom stereocenters. The summed E-state index contributed by atoms with van der Waals surface area (Å²) in [6, 6.07) is 3.40. The first kappa shape index (κ1) is 15.6. The molecule has 0 radical (unpaired) electrons. The van der Waals surface area contributed by atoms with Crippen LogP contribution in [0.5, 0.6) is 0 Å². The van der Waals surface area contributed by atoms with Crippen LogP contribution in [-0.2, 0) is 10.0 Å². The van der Waals surface area contributed by atoms with Gasteiger partial charge in [-0.15, -0.1) is 11.3 Å².